The van der Waals surface area contributed by atoms with Crippen molar-refractivity contribution in [1.29, 1.82) is 0 Å². The number of sulfonamides is 1. The fourth-order valence-corrected chi connectivity index (χ4v) is 2.37. The highest BCUT2D eigenvalue weighted by Gasteiger charge is 2.35. The van der Waals surface area contributed by atoms with Gasteiger partial charge in [0.15, 0.2) is 0 Å². The van der Waals surface area contributed by atoms with E-state index in [1.54, 1.807) is 20.8 Å². The first kappa shape index (κ1) is 13.8. The normalized spacial score (nSPS) is 15.9. The second-order valence-electron chi connectivity index (χ2n) is 4.03. The molecule has 5 nitrogen and oxygen atoms in total. The lowest BCUT2D eigenvalue weighted by molar-refractivity contribution is 0.137. The van der Waals surface area contributed by atoms with E-state index >= 15 is 0 Å². The molecule has 0 aromatic rings. The second kappa shape index (κ2) is 4.57. The van der Waals surface area contributed by atoms with Crippen LogP contribution in [0.25, 0.3) is 0 Å². The second-order valence-corrected chi connectivity index (χ2v) is 6.41. The Kier molecular flexibility index (Phi) is 4.51. The number of aliphatic hydroxyl groups is 1. The number of rotatable bonds is 5. The van der Waals surface area contributed by atoms with E-state index < -0.39 is 20.8 Å². The van der Waals surface area contributed by atoms with E-state index in [0.29, 0.717) is 0 Å². The van der Waals surface area contributed by atoms with Crippen molar-refractivity contribution in [3.05, 3.63) is 0 Å². The summed E-state index contributed by atoms with van der Waals surface area (Å²) in [4.78, 5) is 0. The maximum Gasteiger partial charge on any atom is 0.218 e. The maximum absolute atomic E-state index is 11.8. The van der Waals surface area contributed by atoms with Gasteiger partial charge in [-0.05, 0) is 20.8 Å². The zero-order valence-electron chi connectivity index (χ0n) is 9.19. The van der Waals surface area contributed by atoms with Crippen LogP contribution in [0.5, 0.6) is 0 Å². The topological polar surface area (TPSA) is 83.6 Å². The van der Waals surface area contributed by atoms with Crippen molar-refractivity contribution < 1.29 is 13.5 Å². The van der Waals surface area contributed by atoms with Crippen molar-refractivity contribution in [3.63, 3.8) is 0 Å². The van der Waals surface area contributed by atoms with Crippen LogP contribution in [-0.4, -0.2) is 48.8 Å². The summed E-state index contributed by atoms with van der Waals surface area (Å²) < 4.78 is 24.8. The van der Waals surface area contributed by atoms with Gasteiger partial charge in [0, 0.05) is 13.6 Å². The largest absolute Gasteiger partial charge is 0.394 e. The Bertz CT molecular complexity index is 274. The van der Waals surface area contributed by atoms with Gasteiger partial charge in [0.05, 0.1) is 17.4 Å². The predicted octanol–water partition coefficient (Wildman–Crippen LogP) is -0.634. The van der Waals surface area contributed by atoms with Gasteiger partial charge >= 0.3 is 0 Å². The van der Waals surface area contributed by atoms with Crippen LogP contribution in [0.4, 0.5) is 0 Å². The smallest absolute Gasteiger partial charge is 0.218 e. The Morgan fingerprint density at radius 3 is 2.21 bits per heavy atom. The van der Waals surface area contributed by atoms with E-state index in [1.165, 1.54) is 11.4 Å². The Morgan fingerprint density at radius 2 is 1.93 bits per heavy atom. The molecular formula is C8H20N2O3S. The molecule has 6 heteroatoms. The third-order valence-electron chi connectivity index (χ3n) is 2.46. The molecule has 0 amide bonds. The van der Waals surface area contributed by atoms with Crippen LogP contribution in [0, 0.1) is 0 Å². The molecule has 0 aliphatic carbocycles. The van der Waals surface area contributed by atoms with Gasteiger partial charge in [-0.15, -0.1) is 0 Å². The first-order valence-electron chi connectivity index (χ1n) is 4.49. The zero-order valence-corrected chi connectivity index (χ0v) is 10.0. The minimum Gasteiger partial charge on any atom is -0.394 e. The van der Waals surface area contributed by atoms with Gasteiger partial charge < -0.3 is 10.8 Å². The average Bonchev–Trinajstić information content (AvgIpc) is 2.15. The van der Waals surface area contributed by atoms with Crippen LogP contribution < -0.4 is 5.73 Å². The molecule has 0 rings (SSSR count). The summed E-state index contributed by atoms with van der Waals surface area (Å²) in [6.07, 6.45) is 0. The lowest BCUT2D eigenvalue weighted by Gasteiger charge is -2.34. The number of aliphatic hydroxyl groups excluding tert-OH is 1. The fourth-order valence-electron chi connectivity index (χ4n) is 0.836. The summed E-state index contributed by atoms with van der Waals surface area (Å²) in [5, 5.41) is 8.42. The van der Waals surface area contributed by atoms with Gasteiger partial charge in [-0.1, -0.05) is 0 Å². The molecule has 0 aliphatic rings. The molecule has 14 heavy (non-hydrogen) atoms. The highest BCUT2D eigenvalue weighted by atomic mass is 32.2. The third kappa shape index (κ3) is 2.66. The summed E-state index contributed by atoms with van der Waals surface area (Å²) in [5.74, 6) is 0. The van der Waals surface area contributed by atoms with E-state index in [4.69, 9.17) is 10.8 Å². The van der Waals surface area contributed by atoms with Crippen LogP contribution in [0.15, 0.2) is 0 Å². The Morgan fingerprint density at radius 1 is 1.50 bits per heavy atom. The standard InChI is InChI=1S/C8H20N2O3S/c1-7(5-9)14(12,13)10(4)8(2,3)6-11/h7,11H,5-6,9H2,1-4H3. The van der Waals surface area contributed by atoms with Crippen LogP contribution in [-0.2, 0) is 10.0 Å². The molecule has 0 aromatic carbocycles. The molecule has 1 unspecified atom stereocenters. The van der Waals surface area contributed by atoms with Crippen molar-refractivity contribution in [3.8, 4) is 0 Å². The summed E-state index contributed by atoms with van der Waals surface area (Å²) >= 11 is 0. The average molecular weight is 224 g/mol. The SMILES string of the molecule is CC(CN)S(=O)(=O)N(C)C(C)(C)CO. The highest BCUT2D eigenvalue weighted by Crippen LogP contribution is 2.18. The monoisotopic (exact) mass is 224 g/mol. The Hall–Kier alpha value is -0.170. The van der Waals surface area contributed by atoms with E-state index in [9.17, 15) is 8.42 Å². The first-order chi connectivity index (χ1) is 6.20. The van der Waals surface area contributed by atoms with E-state index in [-0.39, 0.29) is 13.2 Å². The number of hydrogen-bond donors (Lipinski definition) is 2. The number of likely N-dealkylation sites (N-methyl/N-ethyl adjacent to an activating group) is 1. The van der Waals surface area contributed by atoms with E-state index in [0.717, 1.165) is 0 Å². The quantitative estimate of drug-likeness (QED) is 0.651. The number of nitrogens with zero attached hydrogens (tertiary/aromatic N) is 1. The van der Waals surface area contributed by atoms with E-state index in [1.807, 2.05) is 0 Å². The highest BCUT2D eigenvalue weighted by molar-refractivity contribution is 7.89. The van der Waals surface area contributed by atoms with Crippen molar-refractivity contribution in [2.24, 2.45) is 5.73 Å². The van der Waals surface area contributed by atoms with Gasteiger partial charge in [0.2, 0.25) is 10.0 Å². The number of hydrogen-bond acceptors (Lipinski definition) is 4. The molecule has 0 aliphatic heterocycles. The van der Waals surface area contributed by atoms with Gasteiger partial charge in [-0.3, -0.25) is 0 Å². The van der Waals surface area contributed by atoms with E-state index in [2.05, 4.69) is 0 Å². The Labute approximate surface area is 85.9 Å². The van der Waals surface area contributed by atoms with Crippen molar-refractivity contribution in [2.45, 2.75) is 31.6 Å². The summed E-state index contributed by atoms with van der Waals surface area (Å²) in [6.45, 7) is 4.73. The maximum atomic E-state index is 11.8. The summed E-state index contributed by atoms with van der Waals surface area (Å²) in [6, 6.07) is 0. The molecule has 0 saturated carbocycles. The lowest BCUT2D eigenvalue weighted by Crippen LogP contribution is -2.51. The molecule has 0 saturated heterocycles. The van der Waals surface area contributed by atoms with Gasteiger partial charge in [-0.25, -0.2) is 8.42 Å². The first-order valence-corrected chi connectivity index (χ1v) is 5.99. The Balaban J connectivity index is 4.94. The van der Waals surface area contributed by atoms with Gasteiger partial charge in [0.25, 0.3) is 0 Å². The minimum atomic E-state index is -3.41. The molecule has 86 valence electrons. The van der Waals surface area contributed by atoms with Gasteiger partial charge in [-0.2, -0.15) is 4.31 Å². The molecule has 0 bridgehead atoms. The molecule has 0 radical (unpaired) electrons. The molecule has 0 aromatic heterocycles. The van der Waals surface area contributed by atoms with Crippen molar-refractivity contribution in [1.82, 2.24) is 4.31 Å². The number of nitrogens with two attached hydrogens (primary N) is 1. The molecule has 1 atom stereocenters. The lowest BCUT2D eigenvalue weighted by atomic mass is 10.1. The van der Waals surface area contributed by atoms with Crippen LogP contribution in [0.1, 0.15) is 20.8 Å². The predicted molar refractivity (Wildman–Crippen MR) is 56.4 cm³/mol. The van der Waals surface area contributed by atoms with Gasteiger partial charge in [0.1, 0.15) is 0 Å². The summed E-state index contributed by atoms with van der Waals surface area (Å²) in [5.41, 5.74) is 4.52. The zero-order chi connectivity index (χ0) is 11.6. The van der Waals surface area contributed by atoms with Crippen LogP contribution in [0.2, 0.25) is 0 Å². The van der Waals surface area contributed by atoms with Crippen molar-refractivity contribution in [2.75, 3.05) is 20.2 Å². The van der Waals surface area contributed by atoms with Crippen LogP contribution >= 0.6 is 0 Å². The molecule has 0 heterocycles. The minimum absolute atomic E-state index is 0.0776. The molecular weight excluding hydrogens is 204 g/mol. The summed E-state index contributed by atoms with van der Waals surface area (Å²) in [7, 11) is -1.95. The fraction of sp³-hybridized carbons (Fsp3) is 1.00. The van der Waals surface area contributed by atoms with Crippen molar-refractivity contribution >= 4 is 10.0 Å². The molecule has 0 fully saturated rings. The van der Waals surface area contributed by atoms with Crippen LogP contribution in [0.3, 0.4) is 0 Å². The molecule has 3 N–H and O–H groups in total. The third-order valence-corrected chi connectivity index (χ3v) is 4.93. The molecule has 0 spiro atoms.